The van der Waals surface area contributed by atoms with Crippen LogP contribution < -0.4 is 0 Å². The third-order valence-corrected chi connectivity index (χ3v) is 8.17. The van der Waals surface area contributed by atoms with Crippen molar-refractivity contribution in [3.05, 3.63) is 24.0 Å². The molecule has 1 aromatic carbocycles. The van der Waals surface area contributed by atoms with E-state index in [0.717, 1.165) is 50.5 Å². The van der Waals surface area contributed by atoms with E-state index in [1.54, 1.807) is 12.1 Å². The van der Waals surface area contributed by atoms with E-state index in [0.29, 0.717) is 30.3 Å². The average Bonchev–Trinajstić information content (AvgIpc) is 3.12. The Morgan fingerprint density at radius 3 is 2.36 bits per heavy atom. The van der Waals surface area contributed by atoms with Gasteiger partial charge in [0, 0.05) is 59.7 Å². The van der Waals surface area contributed by atoms with Crippen LogP contribution in [0.25, 0.3) is 11.0 Å². The van der Waals surface area contributed by atoms with Crippen LogP contribution >= 0.6 is 0 Å². The van der Waals surface area contributed by atoms with Crippen molar-refractivity contribution in [1.82, 2.24) is 23.7 Å². The highest BCUT2D eigenvalue weighted by Gasteiger charge is 2.23. The van der Waals surface area contributed by atoms with Crippen molar-refractivity contribution in [3.8, 4) is 0 Å². The van der Waals surface area contributed by atoms with E-state index in [4.69, 9.17) is 4.98 Å². The summed E-state index contributed by atoms with van der Waals surface area (Å²) in [6.07, 6.45) is 2.11. The standard InChI is InChI=1S/C24H39N5O3S/c1-7-29-21-9-8-19(33(31,32)26(5)6)18-20(21)25-22(29)10-11-23(30)28-16-14-27(15-17-28)13-12-24(2,3)4/h8-9,18H,7,10-17H2,1-6H3. The number of imidazole rings is 1. The number of aryl methyl sites for hydroxylation is 2. The number of benzene rings is 1. The maximum atomic E-state index is 12.9. The zero-order valence-corrected chi connectivity index (χ0v) is 21.8. The topological polar surface area (TPSA) is 78.8 Å². The monoisotopic (exact) mass is 477 g/mol. The smallest absolute Gasteiger partial charge is 0.242 e. The summed E-state index contributed by atoms with van der Waals surface area (Å²) >= 11 is 0. The highest BCUT2D eigenvalue weighted by Crippen LogP contribution is 2.23. The Hall–Kier alpha value is -1.97. The van der Waals surface area contributed by atoms with Crippen LogP contribution in [0.5, 0.6) is 0 Å². The molecule has 1 aliphatic heterocycles. The molecule has 2 heterocycles. The molecule has 0 N–H and O–H groups in total. The summed E-state index contributed by atoms with van der Waals surface area (Å²) in [6.45, 7) is 14.0. The average molecular weight is 478 g/mol. The van der Waals surface area contributed by atoms with Gasteiger partial charge in [0.1, 0.15) is 5.82 Å². The number of nitrogens with zero attached hydrogens (tertiary/aromatic N) is 5. The molecule has 0 spiro atoms. The van der Waals surface area contributed by atoms with E-state index in [9.17, 15) is 13.2 Å². The first-order valence-corrected chi connectivity index (χ1v) is 13.3. The van der Waals surface area contributed by atoms with Gasteiger partial charge in [-0.2, -0.15) is 0 Å². The van der Waals surface area contributed by atoms with Crippen LogP contribution in [0, 0.1) is 5.41 Å². The van der Waals surface area contributed by atoms with Gasteiger partial charge in [-0.3, -0.25) is 9.69 Å². The van der Waals surface area contributed by atoms with Gasteiger partial charge in [-0.25, -0.2) is 17.7 Å². The van der Waals surface area contributed by atoms with Crippen LogP contribution in [-0.4, -0.2) is 84.8 Å². The minimum Gasteiger partial charge on any atom is -0.340 e. The summed E-state index contributed by atoms with van der Waals surface area (Å²) < 4.78 is 28.2. The lowest BCUT2D eigenvalue weighted by atomic mass is 9.92. The van der Waals surface area contributed by atoms with Crippen LogP contribution in [0.15, 0.2) is 23.1 Å². The van der Waals surface area contributed by atoms with E-state index in [1.165, 1.54) is 18.4 Å². The molecule has 8 nitrogen and oxygen atoms in total. The first kappa shape index (κ1) is 25.6. The van der Waals surface area contributed by atoms with E-state index < -0.39 is 10.0 Å². The second-order valence-electron chi connectivity index (χ2n) is 10.2. The maximum absolute atomic E-state index is 12.9. The number of carbonyl (C=O) groups excluding carboxylic acids is 1. The Kier molecular flexibility index (Phi) is 7.86. The number of carbonyl (C=O) groups is 1. The molecular weight excluding hydrogens is 438 g/mol. The quantitative estimate of drug-likeness (QED) is 0.584. The molecule has 0 atom stereocenters. The van der Waals surface area contributed by atoms with Gasteiger partial charge in [-0.05, 0) is 43.5 Å². The van der Waals surface area contributed by atoms with Gasteiger partial charge in [0.25, 0.3) is 0 Å². The number of hydrogen-bond donors (Lipinski definition) is 0. The van der Waals surface area contributed by atoms with Gasteiger partial charge in [-0.15, -0.1) is 0 Å². The van der Waals surface area contributed by atoms with E-state index in [-0.39, 0.29) is 10.8 Å². The molecule has 0 saturated carbocycles. The predicted octanol–water partition coefficient (Wildman–Crippen LogP) is 2.82. The minimum atomic E-state index is -3.52. The number of rotatable bonds is 8. The third kappa shape index (κ3) is 6.13. The van der Waals surface area contributed by atoms with Crippen molar-refractivity contribution in [1.29, 1.82) is 0 Å². The van der Waals surface area contributed by atoms with Crippen molar-refractivity contribution < 1.29 is 13.2 Å². The number of aromatic nitrogens is 2. The molecule has 0 unspecified atom stereocenters. The highest BCUT2D eigenvalue weighted by atomic mass is 32.2. The van der Waals surface area contributed by atoms with Gasteiger partial charge in [0.2, 0.25) is 15.9 Å². The van der Waals surface area contributed by atoms with E-state index in [1.807, 2.05) is 17.9 Å². The predicted molar refractivity (Wildman–Crippen MR) is 132 cm³/mol. The molecule has 1 fully saturated rings. The molecule has 184 valence electrons. The van der Waals surface area contributed by atoms with Crippen LogP contribution in [0.4, 0.5) is 0 Å². The van der Waals surface area contributed by atoms with Crippen LogP contribution in [0.2, 0.25) is 0 Å². The Balaban J connectivity index is 1.63. The number of hydrogen-bond acceptors (Lipinski definition) is 5. The second-order valence-corrected chi connectivity index (χ2v) is 12.4. The lowest BCUT2D eigenvalue weighted by Gasteiger charge is -2.36. The molecule has 9 heteroatoms. The molecule has 0 radical (unpaired) electrons. The largest absolute Gasteiger partial charge is 0.340 e. The molecule has 1 aromatic heterocycles. The summed E-state index contributed by atoms with van der Waals surface area (Å²) in [6, 6.07) is 5.06. The normalized spacial score (nSPS) is 16.2. The molecule has 3 rings (SSSR count). The molecule has 2 aromatic rings. The fourth-order valence-electron chi connectivity index (χ4n) is 4.17. The first-order valence-electron chi connectivity index (χ1n) is 11.8. The molecule has 0 bridgehead atoms. The molecular formula is C24H39N5O3S. The second kappa shape index (κ2) is 10.1. The van der Waals surface area contributed by atoms with Gasteiger partial charge in [-0.1, -0.05) is 20.8 Å². The SMILES string of the molecule is CCn1c(CCC(=O)N2CCN(CCC(C)(C)C)CC2)nc2cc(S(=O)(=O)N(C)C)ccc21. The maximum Gasteiger partial charge on any atom is 0.242 e. The van der Waals surface area contributed by atoms with Crippen molar-refractivity contribution >= 4 is 27.0 Å². The Labute approximate surface area is 198 Å². The third-order valence-electron chi connectivity index (χ3n) is 6.36. The summed E-state index contributed by atoms with van der Waals surface area (Å²) in [4.78, 5) is 22.2. The van der Waals surface area contributed by atoms with Crippen molar-refractivity contribution in [2.45, 2.75) is 58.4 Å². The number of fused-ring (bicyclic) bond motifs is 1. The molecule has 1 saturated heterocycles. The number of sulfonamides is 1. The number of piperazine rings is 1. The zero-order chi connectivity index (χ0) is 24.4. The van der Waals surface area contributed by atoms with Crippen molar-refractivity contribution in [3.63, 3.8) is 0 Å². The fraction of sp³-hybridized carbons (Fsp3) is 0.667. The van der Waals surface area contributed by atoms with Crippen molar-refractivity contribution in [2.24, 2.45) is 5.41 Å². The van der Waals surface area contributed by atoms with Crippen LogP contribution in [0.3, 0.4) is 0 Å². The Morgan fingerprint density at radius 1 is 1.12 bits per heavy atom. The molecule has 33 heavy (non-hydrogen) atoms. The lowest BCUT2D eigenvalue weighted by Crippen LogP contribution is -2.49. The molecule has 1 amide bonds. The lowest BCUT2D eigenvalue weighted by molar-refractivity contribution is -0.133. The Bertz CT molecular complexity index is 1080. The summed E-state index contributed by atoms with van der Waals surface area (Å²) in [5.41, 5.74) is 1.87. The zero-order valence-electron chi connectivity index (χ0n) is 21.0. The van der Waals surface area contributed by atoms with Crippen molar-refractivity contribution in [2.75, 3.05) is 46.8 Å². The highest BCUT2D eigenvalue weighted by molar-refractivity contribution is 7.89. The van der Waals surface area contributed by atoms with Gasteiger partial charge in [0.15, 0.2) is 0 Å². The number of amides is 1. The van der Waals surface area contributed by atoms with Crippen LogP contribution in [0.1, 0.15) is 46.4 Å². The molecule has 1 aliphatic rings. The fourth-order valence-corrected chi connectivity index (χ4v) is 5.09. The summed E-state index contributed by atoms with van der Waals surface area (Å²) in [5.74, 6) is 0.986. The summed E-state index contributed by atoms with van der Waals surface area (Å²) in [5, 5.41) is 0. The van der Waals surface area contributed by atoms with Crippen LogP contribution in [-0.2, 0) is 27.8 Å². The van der Waals surface area contributed by atoms with Gasteiger partial charge in [0.05, 0.1) is 15.9 Å². The minimum absolute atomic E-state index is 0.163. The van der Waals surface area contributed by atoms with Gasteiger partial charge < -0.3 is 9.47 Å². The first-order chi connectivity index (χ1) is 15.4. The Morgan fingerprint density at radius 2 is 1.79 bits per heavy atom. The van der Waals surface area contributed by atoms with E-state index >= 15 is 0 Å². The molecule has 0 aliphatic carbocycles. The van der Waals surface area contributed by atoms with E-state index in [2.05, 4.69) is 30.2 Å². The van der Waals surface area contributed by atoms with Gasteiger partial charge >= 0.3 is 0 Å². The summed E-state index contributed by atoms with van der Waals surface area (Å²) in [7, 11) is -0.478.